The molecule has 144 valence electrons. The molecule has 0 unspecified atom stereocenters. The minimum Gasteiger partial charge on any atom is -0.494 e. The third kappa shape index (κ3) is 4.80. The summed E-state index contributed by atoms with van der Waals surface area (Å²) in [6.45, 7) is 0.862. The van der Waals surface area contributed by atoms with Crippen molar-refractivity contribution in [3.63, 3.8) is 0 Å². The van der Waals surface area contributed by atoms with Gasteiger partial charge in [-0.3, -0.25) is 0 Å². The average molecular weight is 390 g/mol. The Bertz CT molecular complexity index is 949. The molecule has 0 saturated carbocycles. The van der Waals surface area contributed by atoms with E-state index in [9.17, 15) is 13.2 Å². The van der Waals surface area contributed by atoms with E-state index in [1.807, 2.05) is 18.2 Å². The molecule has 0 radical (unpaired) electrons. The lowest BCUT2D eigenvalue weighted by molar-refractivity contribution is 0.0600. The molecule has 0 atom stereocenters. The molecule has 7 heteroatoms. The molecule has 0 aromatic heterocycles. The van der Waals surface area contributed by atoms with Gasteiger partial charge in [0.2, 0.25) is 0 Å². The Kier molecular flexibility index (Phi) is 5.70. The number of rotatable bonds is 6. The molecule has 0 N–H and O–H groups in total. The summed E-state index contributed by atoms with van der Waals surface area (Å²) in [5.41, 5.74) is 3.34. The number of sulfone groups is 1. The Hall–Kier alpha value is -2.54. The largest absolute Gasteiger partial charge is 0.494 e. The molecule has 1 aliphatic rings. The van der Waals surface area contributed by atoms with Crippen molar-refractivity contribution in [1.29, 1.82) is 0 Å². The second-order valence-corrected chi connectivity index (χ2v) is 8.71. The van der Waals surface area contributed by atoms with Crippen LogP contribution in [0.4, 0.5) is 0 Å². The number of hydrogen-bond donors (Lipinski definition) is 0. The van der Waals surface area contributed by atoms with Crippen LogP contribution in [-0.2, 0) is 21.0 Å². The summed E-state index contributed by atoms with van der Waals surface area (Å²) in [5, 5.41) is 0. The van der Waals surface area contributed by atoms with E-state index >= 15 is 0 Å². The summed E-state index contributed by atoms with van der Waals surface area (Å²) in [7, 11) is -1.63. The first-order valence-corrected chi connectivity index (χ1v) is 10.7. The maximum Gasteiger partial charge on any atom is 0.337 e. The van der Waals surface area contributed by atoms with Crippen LogP contribution in [0, 0.1) is 0 Å². The summed E-state index contributed by atoms with van der Waals surface area (Å²) >= 11 is 0. The van der Waals surface area contributed by atoms with Crippen molar-refractivity contribution in [1.82, 2.24) is 0 Å². The van der Waals surface area contributed by atoms with Crippen LogP contribution in [0.25, 0.3) is 11.1 Å². The summed E-state index contributed by atoms with van der Waals surface area (Å²) in [5.74, 6) is 1.13. The number of carbonyl (C=O) groups is 1. The predicted molar refractivity (Wildman–Crippen MR) is 102 cm³/mol. The summed E-state index contributed by atoms with van der Waals surface area (Å²) in [6.07, 6.45) is 2.37. The first-order valence-electron chi connectivity index (χ1n) is 8.66. The van der Waals surface area contributed by atoms with Gasteiger partial charge in [-0.2, -0.15) is 0 Å². The van der Waals surface area contributed by atoms with Crippen LogP contribution in [0.2, 0.25) is 0 Å². The molecule has 0 aliphatic carbocycles. The normalized spacial score (nSPS) is 13.0. The van der Waals surface area contributed by atoms with Gasteiger partial charge in [0.15, 0.2) is 0 Å². The highest BCUT2D eigenvalue weighted by atomic mass is 32.2. The molecular formula is C20H22O6S. The molecule has 1 heterocycles. The van der Waals surface area contributed by atoms with E-state index in [0.29, 0.717) is 37.4 Å². The lowest BCUT2D eigenvalue weighted by atomic mass is 9.96. The second kappa shape index (κ2) is 8.00. The monoisotopic (exact) mass is 390 g/mol. The van der Waals surface area contributed by atoms with E-state index in [1.165, 1.54) is 13.4 Å². The quantitative estimate of drug-likeness (QED) is 0.557. The van der Waals surface area contributed by atoms with Crippen molar-refractivity contribution in [3.8, 4) is 22.6 Å². The molecule has 27 heavy (non-hydrogen) atoms. The van der Waals surface area contributed by atoms with Crippen molar-refractivity contribution in [2.75, 3.05) is 32.3 Å². The van der Waals surface area contributed by atoms with Crippen LogP contribution in [0.5, 0.6) is 11.5 Å². The van der Waals surface area contributed by atoms with Gasteiger partial charge in [-0.25, -0.2) is 13.2 Å². The molecule has 2 aromatic rings. The molecule has 0 bridgehead atoms. The van der Waals surface area contributed by atoms with Gasteiger partial charge >= 0.3 is 5.97 Å². The smallest absolute Gasteiger partial charge is 0.337 e. The van der Waals surface area contributed by atoms with E-state index in [-0.39, 0.29) is 5.75 Å². The Morgan fingerprint density at radius 2 is 1.96 bits per heavy atom. The van der Waals surface area contributed by atoms with Gasteiger partial charge in [0.05, 0.1) is 31.6 Å². The van der Waals surface area contributed by atoms with Crippen molar-refractivity contribution >= 4 is 15.8 Å². The third-order valence-corrected chi connectivity index (χ3v) is 5.35. The van der Waals surface area contributed by atoms with Gasteiger partial charge in [0.25, 0.3) is 0 Å². The highest BCUT2D eigenvalue weighted by Gasteiger charge is 2.18. The number of ether oxygens (including phenoxy) is 3. The van der Waals surface area contributed by atoms with Crippen molar-refractivity contribution in [2.24, 2.45) is 0 Å². The van der Waals surface area contributed by atoms with Crippen LogP contribution in [0.3, 0.4) is 0 Å². The van der Waals surface area contributed by atoms with E-state index < -0.39 is 15.8 Å². The maximum atomic E-state index is 11.8. The minimum atomic E-state index is -2.98. The lowest BCUT2D eigenvalue weighted by Gasteiger charge is -2.12. The zero-order valence-electron chi connectivity index (χ0n) is 15.4. The molecule has 0 fully saturated rings. The van der Waals surface area contributed by atoms with Gasteiger partial charge in [0, 0.05) is 18.2 Å². The number of fused-ring (bicyclic) bond motifs is 3. The Morgan fingerprint density at radius 1 is 1.15 bits per heavy atom. The van der Waals surface area contributed by atoms with E-state index in [1.54, 1.807) is 18.2 Å². The van der Waals surface area contributed by atoms with Crippen LogP contribution in [-0.4, -0.2) is 46.7 Å². The zero-order chi connectivity index (χ0) is 19.4. The highest BCUT2D eigenvalue weighted by molar-refractivity contribution is 7.90. The molecule has 0 saturated heterocycles. The zero-order valence-corrected chi connectivity index (χ0v) is 16.2. The maximum absolute atomic E-state index is 11.8. The summed E-state index contributed by atoms with van der Waals surface area (Å²) in [4.78, 5) is 11.8. The molecule has 2 aromatic carbocycles. The van der Waals surface area contributed by atoms with Crippen LogP contribution in [0.15, 0.2) is 36.4 Å². The lowest BCUT2D eigenvalue weighted by Crippen LogP contribution is -2.08. The molecule has 3 rings (SSSR count). The van der Waals surface area contributed by atoms with Gasteiger partial charge in [-0.15, -0.1) is 0 Å². The first kappa shape index (κ1) is 19.2. The summed E-state index contributed by atoms with van der Waals surface area (Å²) < 4.78 is 38.7. The van der Waals surface area contributed by atoms with Gasteiger partial charge in [-0.1, -0.05) is 6.07 Å². The van der Waals surface area contributed by atoms with E-state index in [4.69, 9.17) is 14.2 Å². The van der Waals surface area contributed by atoms with E-state index in [2.05, 4.69) is 0 Å². The van der Waals surface area contributed by atoms with Crippen LogP contribution < -0.4 is 9.47 Å². The Morgan fingerprint density at radius 3 is 2.70 bits per heavy atom. The number of hydrogen-bond acceptors (Lipinski definition) is 6. The van der Waals surface area contributed by atoms with Crippen LogP contribution in [0.1, 0.15) is 22.3 Å². The van der Waals surface area contributed by atoms with Crippen molar-refractivity contribution < 1.29 is 27.4 Å². The SMILES string of the molecule is COC(=O)c1ccc2c(c1)-c1ccc(OCCCS(C)(=O)=O)cc1CCO2. The van der Waals surface area contributed by atoms with Crippen molar-refractivity contribution in [2.45, 2.75) is 12.8 Å². The fraction of sp³-hybridized carbons (Fsp3) is 0.350. The summed E-state index contributed by atoms with van der Waals surface area (Å²) in [6, 6.07) is 11.0. The third-order valence-electron chi connectivity index (χ3n) is 4.32. The minimum absolute atomic E-state index is 0.107. The number of esters is 1. The molecule has 1 aliphatic heterocycles. The second-order valence-electron chi connectivity index (χ2n) is 6.45. The van der Waals surface area contributed by atoms with Crippen molar-refractivity contribution in [3.05, 3.63) is 47.5 Å². The predicted octanol–water partition coefficient (Wildman–Crippen LogP) is 2.89. The molecular weight excluding hydrogens is 368 g/mol. The Balaban J connectivity index is 1.83. The highest BCUT2D eigenvalue weighted by Crippen LogP contribution is 2.37. The fourth-order valence-electron chi connectivity index (χ4n) is 3.02. The first-order chi connectivity index (χ1) is 12.9. The molecule has 0 spiro atoms. The molecule has 6 nitrogen and oxygen atoms in total. The van der Waals surface area contributed by atoms with Gasteiger partial charge < -0.3 is 14.2 Å². The van der Waals surface area contributed by atoms with Gasteiger partial charge in [-0.05, 0) is 47.9 Å². The van der Waals surface area contributed by atoms with E-state index in [0.717, 1.165) is 22.4 Å². The number of benzene rings is 2. The molecule has 0 amide bonds. The van der Waals surface area contributed by atoms with Gasteiger partial charge in [0.1, 0.15) is 21.3 Å². The standard InChI is InChI=1S/C20H22O6S/c1-24-20(21)15-4-7-19-18(13-15)17-6-5-16(12-14(17)8-10-26-19)25-9-3-11-27(2,22)23/h4-7,12-13H,3,8-11H2,1-2H3. The Labute approximate surface area is 159 Å². The average Bonchev–Trinajstić information content (AvgIpc) is 2.82. The number of carbonyl (C=O) groups excluding carboxylic acids is 1. The fourth-order valence-corrected chi connectivity index (χ4v) is 3.66. The number of methoxy groups -OCH3 is 1. The van der Waals surface area contributed by atoms with Crippen LogP contribution >= 0.6 is 0 Å². The topological polar surface area (TPSA) is 78.9 Å².